The van der Waals surface area contributed by atoms with Gasteiger partial charge in [-0.25, -0.2) is 9.59 Å². The van der Waals surface area contributed by atoms with E-state index in [0.29, 0.717) is 11.3 Å². The van der Waals surface area contributed by atoms with E-state index < -0.39 is 30.2 Å². The Labute approximate surface area is 189 Å². The second-order valence-corrected chi connectivity index (χ2v) is 6.58. The van der Waals surface area contributed by atoms with Crippen LogP contribution in [0.5, 0.6) is 5.75 Å². The summed E-state index contributed by atoms with van der Waals surface area (Å²) in [7, 11) is 1.51. The second kappa shape index (κ2) is 11.3. The van der Waals surface area contributed by atoms with E-state index in [2.05, 4.69) is 5.32 Å². The first kappa shape index (κ1) is 24.9. The Morgan fingerprint density at radius 2 is 1.79 bits per heavy atom. The van der Waals surface area contributed by atoms with Crippen molar-refractivity contribution in [3.8, 4) is 11.8 Å². The summed E-state index contributed by atoms with van der Waals surface area (Å²) < 4.78 is 20.2. The molecule has 0 unspecified atom stereocenters. The highest BCUT2D eigenvalue weighted by molar-refractivity contribution is 6.11. The van der Waals surface area contributed by atoms with Gasteiger partial charge in [-0.3, -0.25) is 14.9 Å². The average Bonchev–Trinajstić information content (AvgIpc) is 3.12. The zero-order chi connectivity index (χ0) is 24.5. The fourth-order valence-electron chi connectivity index (χ4n) is 2.83. The first-order chi connectivity index (χ1) is 15.7. The normalized spacial score (nSPS) is 10.7. The summed E-state index contributed by atoms with van der Waals surface area (Å²) in [5.74, 6) is -2.74. The number of esters is 2. The van der Waals surface area contributed by atoms with Gasteiger partial charge in [0.1, 0.15) is 28.7 Å². The molecule has 1 aromatic carbocycles. The Morgan fingerprint density at radius 3 is 2.33 bits per heavy atom. The molecular weight excluding hydrogens is 432 g/mol. The van der Waals surface area contributed by atoms with Crippen LogP contribution < -0.4 is 10.1 Å². The van der Waals surface area contributed by atoms with Gasteiger partial charge in [-0.05, 0) is 44.5 Å². The van der Waals surface area contributed by atoms with Crippen LogP contribution in [0, 0.1) is 18.3 Å². The molecule has 0 spiro atoms. The van der Waals surface area contributed by atoms with Gasteiger partial charge in [-0.15, -0.1) is 0 Å². The minimum atomic E-state index is -1.02. The minimum absolute atomic E-state index is 0.0186. The van der Waals surface area contributed by atoms with Crippen molar-refractivity contribution in [1.29, 1.82) is 5.26 Å². The van der Waals surface area contributed by atoms with E-state index in [1.807, 2.05) is 0 Å². The van der Waals surface area contributed by atoms with E-state index >= 15 is 0 Å². The topological polar surface area (TPSA) is 145 Å². The molecule has 1 heterocycles. The second-order valence-electron chi connectivity index (χ2n) is 6.58. The van der Waals surface area contributed by atoms with Gasteiger partial charge in [0.15, 0.2) is 12.4 Å². The van der Waals surface area contributed by atoms with E-state index in [4.69, 9.17) is 18.6 Å². The maximum atomic E-state index is 12.3. The van der Waals surface area contributed by atoms with Gasteiger partial charge in [-0.1, -0.05) is 12.1 Å². The standard InChI is InChI=1S/C23H22N2O8/c1-5-31-23(29)20-19(13(2)26)14(3)33-21(20)25-18(27)12-32-22(28)16(11-24)10-15-6-8-17(30-4)9-7-15/h6-10H,5,12H2,1-4H3,(H,25,27)/b16-10+. The molecule has 0 aliphatic carbocycles. The van der Waals surface area contributed by atoms with Gasteiger partial charge >= 0.3 is 11.9 Å². The third-order valence-corrected chi connectivity index (χ3v) is 4.27. The number of furan rings is 1. The largest absolute Gasteiger partial charge is 0.497 e. The van der Waals surface area contributed by atoms with E-state index in [0.717, 1.165) is 0 Å². The number of benzene rings is 1. The number of aryl methyl sites for hydroxylation is 1. The molecule has 1 amide bonds. The van der Waals surface area contributed by atoms with Crippen molar-refractivity contribution in [2.75, 3.05) is 25.6 Å². The summed E-state index contributed by atoms with van der Waals surface area (Å²) in [6, 6.07) is 8.30. The van der Waals surface area contributed by atoms with Gasteiger partial charge in [0.25, 0.3) is 5.91 Å². The number of amides is 1. The molecule has 0 radical (unpaired) electrons. The third-order valence-electron chi connectivity index (χ3n) is 4.27. The number of Topliss-reactive ketones (excluding diaryl/α,β-unsaturated/α-hetero) is 1. The lowest BCUT2D eigenvalue weighted by molar-refractivity contribution is -0.142. The summed E-state index contributed by atoms with van der Waals surface area (Å²) in [4.78, 5) is 48.7. The zero-order valence-corrected chi connectivity index (χ0v) is 18.5. The number of anilines is 1. The predicted molar refractivity (Wildman–Crippen MR) is 116 cm³/mol. The molecule has 0 aliphatic rings. The van der Waals surface area contributed by atoms with Crippen LogP contribution in [0.15, 0.2) is 34.3 Å². The molecule has 10 heteroatoms. The van der Waals surface area contributed by atoms with Crippen LogP contribution >= 0.6 is 0 Å². The van der Waals surface area contributed by atoms with E-state index in [9.17, 15) is 24.4 Å². The van der Waals surface area contributed by atoms with Crippen molar-refractivity contribution >= 4 is 35.6 Å². The average molecular weight is 454 g/mol. The van der Waals surface area contributed by atoms with Crippen LogP contribution in [0.3, 0.4) is 0 Å². The number of carbonyl (C=O) groups excluding carboxylic acids is 4. The van der Waals surface area contributed by atoms with Gasteiger partial charge < -0.3 is 18.6 Å². The number of nitriles is 1. The Morgan fingerprint density at radius 1 is 1.12 bits per heavy atom. The molecule has 0 bridgehead atoms. The molecule has 172 valence electrons. The van der Waals surface area contributed by atoms with Crippen LogP contribution in [0.1, 0.15) is 45.9 Å². The van der Waals surface area contributed by atoms with Crippen molar-refractivity contribution in [3.05, 3.63) is 52.3 Å². The van der Waals surface area contributed by atoms with Gasteiger partial charge in [-0.2, -0.15) is 5.26 Å². The summed E-state index contributed by atoms with van der Waals surface area (Å²) in [6.45, 7) is 3.56. The summed E-state index contributed by atoms with van der Waals surface area (Å²) >= 11 is 0. The minimum Gasteiger partial charge on any atom is -0.497 e. The molecule has 0 fully saturated rings. The number of rotatable bonds is 9. The molecule has 33 heavy (non-hydrogen) atoms. The Kier molecular flexibility index (Phi) is 8.51. The van der Waals surface area contributed by atoms with Crippen LogP contribution in [-0.2, 0) is 19.1 Å². The van der Waals surface area contributed by atoms with Crippen LogP contribution in [-0.4, -0.2) is 44.0 Å². The molecule has 0 atom stereocenters. The summed E-state index contributed by atoms with van der Waals surface area (Å²) in [5, 5.41) is 11.5. The van der Waals surface area contributed by atoms with Crippen molar-refractivity contribution < 1.29 is 37.8 Å². The fraction of sp³-hybridized carbons (Fsp3) is 0.261. The maximum Gasteiger partial charge on any atom is 0.349 e. The summed E-state index contributed by atoms with van der Waals surface area (Å²) in [6.07, 6.45) is 1.30. The van der Waals surface area contributed by atoms with E-state index in [-0.39, 0.29) is 35.0 Å². The molecule has 2 rings (SSSR count). The highest BCUT2D eigenvalue weighted by atomic mass is 16.5. The highest BCUT2D eigenvalue weighted by Crippen LogP contribution is 2.28. The van der Waals surface area contributed by atoms with E-state index in [1.54, 1.807) is 37.3 Å². The number of hydrogen-bond donors (Lipinski definition) is 1. The summed E-state index contributed by atoms with van der Waals surface area (Å²) in [5.41, 5.74) is -0.0166. The molecule has 0 saturated carbocycles. The molecule has 1 aromatic heterocycles. The molecule has 0 aliphatic heterocycles. The highest BCUT2D eigenvalue weighted by Gasteiger charge is 2.29. The SMILES string of the molecule is CCOC(=O)c1c(NC(=O)COC(=O)/C(C#N)=C/c2ccc(OC)cc2)oc(C)c1C(C)=O. The smallest absolute Gasteiger partial charge is 0.349 e. The van der Waals surface area contributed by atoms with Crippen LogP contribution in [0.4, 0.5) is 5.88 Å². The zero-order valence-electron chi connectivity index (χ0n) is 18.5. The number of methoxy groups -OCH3 is 1. The number of ketones is 1. The van der Waals surface area contributed by atoms with Crippen molar-refractivity contribution in [1.82, 2.24) is 0 Å². The maximum absolute atomic E-state index is 12.3. The molecule has 1 N–H and O–H groups in total. The van der Waals surface area contributed by atoms with Gasteiger partial charge in [0, 0.05) is 0 Å². The number of hydrogen-bond acceptors (Lipinski definition) is 9. The number of nitrogens with one attached hydrogen (secondary N) is 1. The predicted octanol–water partition coefficient (Wildman–Crippen LogP) is 3.06. The molecule has 2 aromatic rings. The Balaban J connectivity index is 2.11. The number of nitrogens with zero attached hydrogens (tertiary/aromatic N) is 1. The van der Waals surface area contributed by atoms with Gasteiger partial charge in [0.05, 0.1) is 19.3 Å². The number of carbonyl (C=O) groups is 4. The lowest BCUT2D eigenvalue weighted by atomic mass is 10.1. The monoisotopic (exact) mass is 454 g/mol. The first-order valence-electron chi connectivity index (χ1n) is 9.76. The molecule has 10 nitrogen and oxygen atoms in total. The fourth-order valence-corrected chi connectivity index (χ4v) is 2.83. The van der Waals surface area contributed by atoms with Crippen molar-refractivity contribution in [2.24, 2.45) is 0 Å². The lowest BCUT2D eigenvalue weighted by Crippen LogP contribution is -2.22. The Bertz CT molecular complexity index is 1140. The third kappa shape index (κ3) is 6.30. The van der Waals surface area contributed by atoms with Crippen molar-refractivity contribution in [2.45, 2.75) is 20.8 Å². The van der Waals surface area contributed by atoms with E-state index in [1.165, 1.54) is 27.0 Å². The quantitative estimate of drug-likeness (QED) is 0.261. The molecule has 0 saturated heterocycles. The number of ether oxygens (including phenoxy) is 3. The van der Waals surface area contributed by atoms with Crippen LogP contribution in [0.2, 0.25) is 0 Å². The molecular formula is C23H22N2O8. The van der Waals surface area contributed by atoms with Gasteiger partial charge in [0.2, 0.25) is 5.88 Å². The first-order valence-corrected chi connectivity index (χ1v) is 9.76. The van der Waals surface area contributed by atoms with Crippen LogP contribution in [0.25, 0.3) is 6.08 Å². The van der Waals surface area contributed by atoms with Crippen molar-refractivity contribution in [3.63, 3.8) is 0 Å². The lowest BCUT2D eigenvalue weighted by Gasteiger charge is -2.07. The Hall–Kier alpha value is -4.39.